The van der Waals surface area contributed by atoms with Crippen molar-refractivity contribution in [3.63, 3.8) is 0 Å². The van der Waals surface area contributed by atoms with E-state index in [9.17, 15) is 18.0 Å². The van der Waals surface area contributed by atoms with Crippen LogP contribution in [0.1, 0.15) is 29.7 Å². The molecular weight excluding hydrogens is 235 g/mol. The van der Waals surface area contributed by atoms with Crippen molar-refractivity contribution in [2.45, 2.75) is 26.1 Å². The SMILES string of the molecule is Cc1c(C(C)OC(N)=O)cccc1C(F)(F)F. The minimum Gasteiger partial charge on any atom is -0.442 e. The van der Waals surface area contributed by atoms with Crippen molar-refractivity contribution in [1.82, 2.24) is 0 Å². The first-order valence-electron chi connectivity index (χ1n) is 4.86. The van der Waals surface area contributed by atoms with E-state index in [0.29, 0.717) is 5.56 Å². The highest BCUT2D eigenvalue weighted by atomic mass is 19.4. The van der Waals surface area contributed by atoms with Crippen molar-refractivity contribution in [3.8, 4) is 0 Å². The molecule has 0 aromatic heterocycles. The highest BCUT2D eigenvalue weighted by molar-refractivity contribution is 5.65. The highest BCUT2D eigenvalue weighted by Gasteiger charge is 2.33. The highest BCUT2D eigenvalue weighted by Crippen LogP contribution is 2.34. The van der Waals surface area contributed by atoms with Crippen LogP contribution in [0.2, 0.25) is 0 Å². The number of nitrogens with two attached hydrogens (primary N) is 1. The van der Waals surface area contributed by atoms with Crippen LogP contribution in [0.5, 0.6) is 0 Å². The first-order valence-corrected chi connectivity index (χ1v) is 4.86. The summed E-state index contributed by atoms with van der Waals surface area (Å²) in [4.78, 5) is 10.6. The lowest BCUT2D eigenvalue weighted by molar-refractivity contribution is -0.138. The molecule has 94 valence electrons. The number of rotatable bonds is 2. The summed E-state index contributed by atoms with van der Waals surface area (Å²) in [5, 5.41) is 0. The summed E-state index contributed by atoms with van der Waals surface area (Å²) in [6, 6.07) is 3.72. The molecular formula is C11H12F3NO2. The largest absolute Gasteiger partial charge is 0.442 e. The number of ether oxygens (including phenoxy) is 1. The molecule has 17 heavy (non-hydrogen) atoms. The Bertz CT molecular complexity index is 429. The summed E-state index contributed by atoms with van der Waals surface area (Å²) in [6.45, 7) is 2.80. The van der Waals surface area contributed by atoms with Crippen molar-refractivity contribution in [2.24, 2.45) is 5.73 Å². The maximum atomic E-state index is 12.6. The number of carbonyl (C=O) groups excluding carboxylic acids is 1. The molecule has 1 amide bonds. The lowest BCUT2D eigenvalue weighted by Crippen LogP contribution is -2.17. The Balaban J connectivity index is 3.15. The summed E-state index contributed by atoms with van der Waals surface area (Å²) in [5.41, 5.74) is 4.41. The zero-order chi connectivity index (χ0) is 13.2. The molecule has 0 radical (unpaired) electrons. The van der Waals surface area contributed by atoms with E-state index in [-0.39, 0.29) is 5.56 Å². The van der Waals surface area contributed by atoms with Gasteiger partial charge >= 0.3 is 12.3 Å². The van der Waals surface area contributed by atoms with Crippen LogP contribution in [0.3, 0.4) is 0 Å². The third-order valence-corrected chi connectivity index (χ3v) is 2.41. The van der Waals surface area contributed by atoms with Gasteiger partial charge in [-0.05, 0) is 31.0 Å². The average molecular weight is 247 g/mol. The first kappa shape index (κ1) is 13.3. The quantitative estimate of drug-likeness (QED) is 0.872. The molecule has 0 heterocycles. The number of primary amides is 1. The Labute approximate surface area is 96.4 Å². The minimum atomic E-state index is -4.42. The number of alkyl halides is 3. The normalized spacial score (nSPS) is 13.2. The van der Waals surface area contributed by atoms with E-state index in [1.807, 2.05) is 0 Å². The van der Waals surface area contributed by atoms with Crippen molar-refractivity contribution < 1.29 is 22.7 Å². The maximum absolute atomic E-state index is 12.6. The van der Waals surface area contributed by atoms with Crippen LogP contribution in [-0.4, -0.2) is 6.09 Å². The Morgan fingerprint density at radius 2 is 2.00 bits per heavy atom. The maximum Gasteiger partial charge on any atom is 0.416 e. The van der Waals surface area contributed by atoms with Crippen LogP contribution in [0.15, 0.2) is 18.2 Å². The smallest absolute Gasteiger partial charge is 0.416 e. The molecule has 0 saturated carbocycles. The first-order chi connectivity index (χ1) is 7.73. The van der Waals surface area contributed by atoms with Gasteiger partial charge in [-0.3, -0.25) is 0 Å². The molecule has 1 aromatic rings. The van der Waals surface area contributed by atoms with Gasteiger partial charge in [0.15, 0.2) is 0 Å². The number of hydrogen-bond acceptors (Lipinski definition) is 2. The molecule has 0 aliphatic rings. The Hall–Kier alpha value is -1.72. The molecule has 0 aliphatic heterocycles. The summed E-state index contributed by atoms with van der Waals surface area (Å²) in [7, 11) is 0. The van der Waals surface area contributed by atoms with Crippen LogP contribution in [0.4, 0.5) is 18.0 Å². The minimum absolute atomic E-state index is 0.0359. The van der Waals surface area contributed by atoms with Gasteiger partial charge in [0.05, 0.1) is 5.56 Å². The predicted octanol–water partition coefficient (Wildman–Crippen LogP) is 3.17. The number of amides is 1. The molecule has 0 aliphatic carbocycles. The van der Waals surface area contributed by atoms with Crippen molar-refractivity contribution >= 4 is 6.09 Å². The van der Waals surface area contributed by atoms with Gasteiger partial charge in [-0.25, -0.2) is 4.79 Å². The van der Waals surface area contributed by atoms with Gasteiger partial charge in [-0.1, -0.05) is 12.1 Å². The van der Waals surface area contributed by atoms with Gasteiger partial charge in [0.1, 0.15) is 6.10 Å². The molecule has 1 atom stereocenters. The van der Waals surface area contributed by atoms with E-state index in [1.54, 1.807) is 0 Å². The Morgan fingerprint density at radius 1 is 1.41 bits per heavy atom. The summed E-state index contributed by atoms with van der Waals surface area (Å²) in [5.74, 6) is 0. The zero-order valence-corrected chi connectivity index (χ0v) is 9.34. The fourth-order valence-corrected chi connectivity index (χ4v) is 1.64. The van der Waals surface area contributed by atoms with Crippen molar-refractivity contribution in [2.75, 3.05) is 0 Å². The van der Waals surface area contributed by atoms with Gasteiger partial charge in [0.2, 0.25) is 0 Å². The fourth-order valence-electron chi connectivity index (χ4n) is 1.64. The lowest BCUT2D eigenvalue weighted by atomic mass is 9.99. The van der Waals surface area contributed by atoms with Gasteiger partial charge in [0.25, 0.3) is 0 Å². The van der Waals surface area contributed by atoms with E-state index < -0.39 is 23.9 Å². The molecule has 0 saturated heterocycles. The second-order valence-electron chi connectivity index (χ2n) is 3.60. The third kappa shape index (κ3) is 3.12. The second-order valence-corrected chi connectivity index (χ2v) is 3.60. The van der Waals surface area contributed by atoms with Crippen LogP contribution >= 0.6 is 0 Å². The molecule has 1 unspecified atom stereocenters. The number of benzene rings is 1. The average Bonchev–Trinajstić information content (AvgIpc) is 2.14. The van der Waals surface area contributed by atoms with Crippen LogP contribution < -0.4 is 5.73 Å². The molecule has 2 N–H and O–H groups in total. The zero-order valence-electron chi connectivity index (χ0n) is 9.34. The molecule has 0 fully saturated rings. The van der Waals surface area contributed by atoms with E-state index in [4.69, 9.17) is 5.73 Å². The van der Waals surface area contributed by atoms with Gasteiger partial charge in [0, 0.05) is 0 Å². The molecule has 0 bridgehead atoms. The number of carbonyl (C=O) groups is 1. The number of halogens is 3. The molecule has 6 heteroatoms. The molecule has 1 aromatic carbocycles. The third-order valence-electron chi connectivity index (χ3n) is 2.41. The second kappa shape index (κ2) is 4.65. The predicted molar refractivity (Wildman–Crippen MR) is 55.3 cm³/mol. The molecule has 0 spiro atoms. The van der Waals surface area contributed by atoms with Crippen LogP contribution in [-0.2, 0) is 10.9 Å². The van der Waals surface area contributed by atoms with Crippen LogP contribution in [0, 0.1) is 6.92 Å². The van der Waals surface area contributed by atoms with Crippen molar-refractivity contribution in [1.29, 1.82) is 0 Å². The van der Waals surface area contributed by atoms with E-state index >= 15 is 0 Å². The van der Waals surface area contributed by atoms with E-state index in [2.05, 4.69) is 4.74 Å². The van der Waals surface area contributed by atoms with Gasteiger partial charge in [-0.15, -0.1) is 0 Å². The van der Waals surface area contributed by atoms with E-state index in [0.717, 1.165) is 6.07 Å². The fraction of sp³-hybridized carbons (Fsp3) is 0.364. The van der Waals surface area contributed by atoms with E-state index in [1.165, 1.54) is 26.0 Å². The monoisotopic (exact) mass is 247 g/mol. The Morgan fingerprint density at radius 3 is 2.47 bits per heavy atom. The standard InChI is InChI=1S/C11H12F3NO2/c1-6-8(7(2)17-10(15)16)4-3-5-9(6)11(12,13)14/h3-5,7H,1-2H3,(H2,15,16). The summed E-state index contributed by atoms with van der Waals surface area (Å²) >= 11 is 0. The van der Waals surface area contributed by atoms with Gasteiger partial charge in [-0.2, -0.15) is 13.2 Å². The summed E-state index contributed by atoms with van der Waals surface area (Å²) < 4.78 is 42.5. The topological polar surface area (TPSA) is 52.3 Å². The van der Waals surface area contributed by atoms with Crippen LogP contribution in [0.25, 0.3) is 0 Å². The Kier molecular flexibility index (Phi) is 3.65. The van der Waals surface area contributed by atoms with Crippen molar-refractivity contribution in [3.05, 3.63) is 34.9 Å². The number of hydrogen-bond donors (Lipinski definition) is 1. The molecule has 1 rings (SSSR count). The molecule has 3 nitrogen and oxygen atoms in total. The lowest BCUT2D eigenvalue weighted by Gasteiger charge is -2.18. The van der Waals surface area contributed by atoms with Gasteiger partial charge < -0.3 is 10.5 Å². The summed E-state index contributed by atoms with van der Waals surface area (Å²) in [6.07, 6.45) is -6.25.